The van der Waals surface area contributed by atoms with Crippen molar-refractivity contribution in [1.82, 2.24) is 5.32 Å². The molecule has 2 rings (SSSR count). The summed E-state index contributed by atoms with van der Waals surface area (Å²) in [7, 11) is 0. The monoisotopic (exact) mass is 335 g/mol. The van der Waals surface area contributed by atoms with Crippen molar-refractivity contribution in [1.29, 1.82) is 0 Å². The summed E-state index contributed by atoms with van der Waals surface area (Å²) >= 11 is 0. The largest absolute Gasteiger partial charge is 0.494 e. The molecule has 0 saturated heterocycles. The first-order valence-electron chi connectivity index (χ1n) is 8.44. The predicted molar refractivity (Wildman–Crippen MR) is 89.1 cm³/mol. The summed E-state index contributed by atoms with van der Waals surface area (Å²) < 4.78 is 15.8. The number of esters is 1. The fourth-order valence-corrected chi connectivity index (χ4v) is 2.61. The zero-order chi connectivity index (χ0) is 17.4. The highest BCUT2D eigenvalue weighted by atomic mass is 16.6. The normalized spacial score (nSPS) is 15.6. The van der Waals surface area contributed by atoms with Gasteiger partial charge in [-0.3, -0.25) is 4.79 Å². The molecule has 0 radical (unpaired) electrons. The van der Waals surface area contributed by atoms with Gasteiger partial charge in [0.25, 0.3) is 5.91 Å². The van der Waals surface area contributed by atoms with E-state index in [9.17, 15) is 9.59 Å². The Labute approximate surface area is 142 Å². The minimum Gasteiger partial charge on any atom is -0.494 e. The summed E-state index contributed by atoms with van der Waals surface area (Å²) in [6, 6.07) is 7.17. The summed E-state index contributed by atoms with van der Waals surface area (Å²) in [5.41, 5.74) is 0. The van der Waals surface area contributed by atoms with Crippen LogP contribution in [0.4, 0.5) is 0 Å². The van der Waals surface area contributed by atoms with Crippen LogP contribution in [-0.2, 0) is 14.3 Å². The van der Waals surface area contributed by atoms with E-state index in [-0.39, 0.29) is 18.6 Å². The Bertz CT molecular complexity index is 537. The molecule has 1 aromatic carbocycles. The van der Waals surface area contributed by atoms with Gasteiger partial charge in [0.2, 0.25) is 0 Å². The van der Waals surface area contributed by atoms with Crippen molar-refractivity contribution in [3.05, 3.63) is 24.3 Å². The fraction of sp³-hybridized carbons (Fsp3) is 0.556. The number of carbonyl (C=O) groups is 2. The molecule has 0 spiro atoms. The van der Waals surface area contributed by atoms with Crippen molar-refractivity contribution in [2.24, 2.45) is 0 Å². The summed E-state index contributed by atoms with van der Waals surface area (Å²) in [5.74, 6) is 0.456. The van der Waals surface area contributed by atoms with Gasteiger partial charge in [0.05, 0.1) is 6.61 Å². The van der Waals surface area contributed by atoms with E-state index in [1.807, 2.05) is 6.92 Å². The van der Waals surface area contributed by atoms with Crippen LogP contribution < -0.4 is 14.8 Å². The van der Waals surface area contributed by atoms with E-state index in [1.54, 1.807) is 31.2 Å². The Morgan fingerprint density at radius 3 is 2.29 bits per heavy atom. The molecule has 6 heteroatoms. The molecule has 1 saturated carbocycles. The Balaban J connectivity index is 1.70. The van der Waals surface area contributed by atoms with Gasteiger partial charge in [-0.25, -0.2) is 4.79 Å². The van der Waals surface area contributed by atoms with E-state index in [1.165, 1.54) is 0 Å². The summed E-state index contributed by atoms with van der Waals surface area (Å²) in [5, 5.41) is 2.91. The van der Waals surface area contributed by atoms with E-state index < -0.39 is 12.1 Å². The number of ether oxygens (including phenoxy) is 3. The molecule has 1 aliphatic rings. The number of carbonyl (C=O) groups excluding carboxylic acids is 2. The molecule has 1 atom stereocenters. The molecule has 1 amide bonds. The lowest BCUT2D eigenvalue weighted by atomic mass is 10.2. The Morgan fingerprint density at radius 2 is 1.71 bits per heavy atom. The van der Waals surface area contributed by atoms with Crippen molar-refractivity contribution in [3.8, 4) is 11.5 Å². The summed E-state index contributed by atoms with van der Waals surface area (Å²) in [6.45, 7) is 3.83. The molecule has 6 nitrogen and oxygen atoms in total. The van der Waals surface area contributed by atoms with Crippen LogP contribution in [0.25, 0.3) is 0 Å². The highest BCUT2D eigenvalue weighted by Gasteiger charge is 2.23. The molecule has 1 aromatic rings. The maximum atomic E-state index is 12.0. The lowest BCUT2D eigenvalue weighted by Gasteiger charge is -2.17. The van der Waals surface area contributed by atoms with E-state index in [0.29, 0.717) is 12.4 Å². The van der Waals surface area contributed by atoms with E-state index in [0.717, 1.165) is 31.4 Å². The molecule has 0 bridgehead atoms. The molecule has 1 N–H and O–H groups in total. The smallest absolute Gasteiger partial charge is 0.344 e. The second-order valence-corrected chi connectivity index (χ2v) is 5.82. The quantitative estimate of drug-likeness (QED) is 0.739. The first-order valence-corrected chi connectivity index (χ1v) is 8.44. The summed E-state index contributed by atoms with van der Waals surface area (Å²) in [6.07, 6.45) is 3.44. The Kier molecular flexibility index (Phi) is 6.90. The lowest BCUT2D eigenvalue weighted by molar-refractivity contribution is -0.156. The molecule has 0 aliphatic heterocycles. The van der Waals surface area contributed by atoms with Crippen LogP contribution in [0.2, 0.25) is 0 Å². The second kappa shape index (κ2) is 9.15. The van der Waals surface area contributed by atoms with Crippen LogP contribution >= 0.6 is 0 Å². The van der Waals surface area contributed by atoms with Crippen LogP contribution in [0.1, 0.15) is 39.5 Å². The molecule has 24 heavy (non-hydrogen) atoms. The number of amides is 1. The van der Waals surface area contributed by atoms with Crippen molar-refractivity contribution in [3.63, 3.8) is 0 Å². The zero-order valence-corrected chi connectivity index (χ0v) is 14.2. The van der Waals surface area contributed by atoms with Gasteiger partial charge < -0.3 is 19.5 Å². The lowest BCUT2D eigenvalue weighted by Crippen LogP contribution is -2.41. The molecule has 1 fully saturated rings. The summed E-state index contributed by atoms with van der Waals surface area (Å²) in [4.78, 5) is 23.8. The highest BCUT2D eigenvalue weighted by Crippen LogP contribution is 2.18. The minimum absolute atomic E-state index is 0.207. The maximum absolute atomic E-state index is 12.0. The van der Waals surface area contributed by atoms with Gasteiger partial charge in [-0.15, -0.1) is 0 Å². The van der Waals surface area contributed by atoms with Crippen LogP contribution in [0.3, 0.4) is 0 Å². The third kappa shape index (κ3) is 5.76. The van der Waals surface area contributed by atoms with Gasteiger partial charge in [0.15, 0.2) is 12.7 Å². The number of rotatable bonds is 8. The van der Waals surface area contributed by atoms with Crippen molar-refractivity contribution >= 4 is 11.9 Å². The van der Waals surface area contributed by atoms with Gasteiger partial charge in [-0.1, -0.05) is 12.8 Å². The third-order valence-electron chi connectivity index (χ3n) is 3.87. The van der Waals surface area contributed by atoms with Crippen LogP contribution in [0.5, 0.6) is 11.5 Å². The standard InChI is InChI=1S/C18H25NO5/c1-3-22-15-8-10-16(11-9-15)23-12-17(20)24-13(2)18(21)19-14-6-4-5-7-14/h8-11,13-14H,3-7,12H2,1-2H3,(H,19,21)/t13-/m0/s1. The molecular weight excluding hydrogens is 310 g/mol. The molecule has 1 aliphatic carbocycles. The van der Waals surface area contributed by atoms with E-state index in [4.69, 9.17) is 14.2 Å². The number of hydrogen-bond acceptors (Lipinski definition) is 5. The molecule has 0 unspecified atom stereocenters. The SMILES string of the molecule is CCOc1ccc(OCC(=O)O[C@@H](C)C(=O)NC2CCCC2)cc1. The topological polar surface area (TPSA) is 73.9 Å². The maximum Gasteiger partial charge on any atom is 0.344 e. The zero-order valence-electron chi connectivity index (χ0n) is 14.2. The Morgan fingerprint density at radius 1 is 1.12 bits per heavy atom. The number of hydrogen-bond donors (Lipinski definition) is 1. The van der Waals surface area contributed by atoms with Crippen molar-refractivity contribution in [2.75, 3.05) is 13.2 Å². The van der Waals surface area contributed by atoms with E-state index in [2.05, 4.69) is 5.32 Å². The minimum atomic E-state index is -0.818. The fourth-order valence-electron chi connectivity index (χ4n) is 2.61. The van der Waals surface area contributed by atoms with Crippen LogP contribution in [0, 0.1) is 0 Å². The third-order valence-corrected chi connectivity index (χ3v) is 3.87. The second-order valence-electron chi connectivity index (χ2n) is 5.82. The molecule has 132 valence electrons. The van der Waals surface area contributed by atoms with E-state index >= 15 is 0 Å². The van der Waals surface area contributed by atoms with Gasteiger partial charge in [-0.2, -0.15) is 0 Å². The molecular formula is C18H25NO5. The molecule has 0 aromatic heterocycles. The average molecular weight is 335 g/mol. The predicted octanol–water partition coefficient (Wildman–Crippen LogP) is 2.45. The van der Waals surface area contributed by atoms with Crippen molar-refractivity contribution < 1.29 is 23.8 Å². The van der Waals surface area contributed by atoms with Crippen LogP contribution in [0.15, 0.2) is 24.3 Å². The van der Waals surface area contributed by atoms with Crippen LogP contribution in [-0.4, -0.2) is 37.2 Å². The first-order chi connectivity index (χ1) is 11.6. The highest BCUT2D eigenvalue weighted by molar-refractivity contribution is 5.83. The van der Waals surface area contributed by atoms with Gasteiger partial charge in [-0.05, 0) is 51.0 Å². The van der Waals surface area contributed by atoms with Gasteiger partial charge in [0.1, 0.15) is 11.5 Å². The molecule has 0 heterocycles. The van der Waals surface area contributed by atoms with Crippen molar-refractivity contribution in [2.45, 2.75) is 51.7 Å². The average Bonchev–Trinajstić information content (AvgIpc) is 3.07. The first kappa shape index (κ1) is 18.1. The number of benzene rings is 1. The Hall–Kier alpha value is -2.24. The van der Waals surface area contributed by atoms with Gasteiger partial charge in [0, 0.05) is 6.04 Å². The van der Waals surface area contributed by atoms with Gasteiger partial charge >= 0.3 is 5.97 Å². The number of nitrogens with one attached hydrogen (secondary N) is 1.